The summed E-state index contributed by atoms with van der Waals surface area (Å²) >= 11 is 1.57. The predicted octanol–water partition coefficient (Wildman–Crippen LogP) is 3.25. The first-order valence-electron chi connectivity index (χ1n) is 9.64. The number of fused-ring (bicyclic) bond motifs is 2. The van der Waals surface area contributed by atoms with Crippen LogP contribution in [-0.2, 0) is 27.3 Å². The second-order valence-electron chi connectivity index (χ2n) is 7.18. The van der Waals surface area contributed by atoms with Crippen molar-refractivity contribution in [3.05, 3.63) is 59.2 Å². The Morgan fingerprint density at radius 2 is 1.93 bits per heavy atom. The molecule has 2 aliphatic heterocycles. The lowest BCUT2D eigenvalue weighted by atomic mass is 9.99. The molecule has 2 heterocycles. The average molecular weight is 410 g/mol. The van der Waals surface area contributed by atoms with Crippen molar-refractivity contribution in [1.82, 2.24) is 4.90 Å². The molecule has 1 atom stereocenters. The van der Waals surface area contributed by atoms with Gasteiger partial charge in [-0.15, -0.1) is 11.8 Å². The molecule has 2 aliphatic rings. The van der Waals surface area contributed by atoms with Crippen molar-refractivity contribution in [3.63, 3.8) is 0 Å². The summed E-state index contributed by atoms with van der Waals surface area (Å²) in [7, 11) is 0. The number of hydrogen-bond donors (Lipinski definition) is 1. The van der Waals surface area contributed by atoms with Gasteiger partial charge in [0.1, 0.15) is 0 Å². The number of nitrogens with one attached hydrogen (secondary N) is 1. The van der Waals surface area contributed by atoms with Crippen LogP contribution in [0.15, 0.2) is 47.4 Å². The number of carbonyl (C=O) groups excluding carboxylic acids is 3. The Hall–Kier alpha value is -2.80. The van der Waals surface area contributed by atoms with Crippen molar-refractivity contribution in [3.8, 4) is 0 Å². The van der Waals surface area contributed by atoms with E-state index in [0.29, 0.717) is 36.5 Å². The summed E-state index contributed by atoms with van der Waals surface area (Å²) in [6, 6.07) is 13.1. The number of rotatable bonds is 3. The van der Waals surface area contributed by atoms with E-state index in [4.69, 9.17) is 4.74 Å². The van der Waals surface area contributed by atoms with Gasteiger partial charge in [-0.3, -0.25) is 9.59 Å². The Bertz CT molecular complexity index is 975. The molecule has 150 valence electrons. The van der Waals surface area contributed by atoms with Crippen LogP contribution in [0.5, 0.6) is 0 Å². The SMILES string of the molecule is C[C@@H](OC(=O)c1ccc2c(c1)NC(=O)CCS2)C(=O)N1CCc2ccccc2C1. The zero-order valence-corrected chi connectivity index (χ0v) is 17.0. The van der Waals surface area contributed by atoms with Gasteiger partial charge < -0.3 is 15.0 Å². The smallest absolute Gasteiger partial charge is 0.338 e. The molecule has 0 saturated carbocycles. The number of thioether (sulfide) groups is 1. The molecule has 0 radical (unpaired) electrons. The quantitative estimate of drug-likeness (QED) is 0.786. The number of esters is 1. The fourth-order valence-corrected chi connectivity index (χ4v) is 4.50. The first-order valence-corrected chi connectivity index (χ1v) is 10.6. The molecule has 0 spiro atoms. The van der Waals surface area contributed by atoms with Crippen LogP contribution in [0.3, 0.4) is 0 Å². The molecule has 7 heteroatoms. The largest absolute Gasteiger partial charge is 0.449 e. The van der Waals surface area contributed by atoms with E-state index in [9.17, 15) is 14.4 Å². The van der Waals surface area contributed by atoms with Gasteiger partial charge in [0, 0.05) is 30.2 Å². The molecule has 2 aromatic rings. The van der Waals surface area contributed by atoms with Crippen molar-refractivity contribution >= 4 is 35.2 Å². The highest BCUT2D eigenvalue weighted by Crippen LogP contribution is 2.31. The van der Waals surface area contributed by atoms with Gasteiger partial charge in [-0.1, -0.05) is 24.3 Å². The summed E-state index contributed by atoms with van der Waals surface area (Å²) in [4.78, 5) is 39.8. The Morgan fingerprint density at radius 1 is 1.14 bits per heavy atom. The van der Waals surface area contributed by atoms with Crippen molar-refractivity contribution in [2.45, 2.75) is 37.3 Å². The van der Waals surface area contributed by atoms with Crippen molar-refractivity contribution in [1.29, 1.82) is 0 Å². The van der Waals surface area contributed by atoms with E-state index in [2.05, 4.69) is 11.4 Å². The molecule has 1 N–H and O–H groups in total. The second-order valence-corrected chi connectivity index (χ2v) is 8.32. The van der Waals surface area contributed by atoms with Gasteiger partial charge in [-0.2, -0.15) is 0 Å². The van der Waals surface area contributed by atoms with Crippen molar-refractivity contribution in [2.24, 2.45) is 0 Å². The zero-order chi connectivity index (χ0) is 20.4. The van der Waals surface area contributed by atoms with Crippen LogP contribution in [0.25, 0.3) is 0 Å². The maximum absolute atomic E-state index is 12.8. The summed E-state index contributed by atoms with van der Waals surface area (Å²) in [6.07, 6.45) is 0.351. The fraction of sp³-hybridized carbons (Fsp3) is 0.318. The summed E-state index contributed by atoms with van der Waals surface area (Å²) in [5.74, 6) is -0.149. The van der Waals surface area contributed by atoms with Crippen molar-refractivity contribution in [2.75, 3.05) is 17.6 Å². The minimum atomic E-state index is -0.879. The van der Waals surface area contributed by atoms with E-state index in [1.807, 2.05) is 18.2 Å². The Balaban J connectivity index is 1.42. The minimum absolute atomic E-state index is 0.0734. The van der Waals surface area contributed by atoms with Crippen LogP contribution in [0.2, 0.25) is 0 Å². The number of hydrogen-bond acceptors (Lipinski definition) is 5. The van der Waals surface area contributed by atoms with Crippen LogP contribution < -0.4 is 5.32 Å². The lowest BCUT2D eigenvalue weighted by Gasteiger charge is -2.30. The van der Waals surface area contributed by atoms with E-state index < -0.39 is 12.1 Å². The van der Waals surface area contributed by atoms with Gasteiger partial charge in [0.05, 0.1) is 11.3 Å². The lowest BCUT2D eigenvalue weighted by molar-refractivity contribution is -0.140. The average Bonchev–Trinajstić information content (AvgIpc) is 2.92. The van der Waals surface area contributed by atoms with Crippen molar-refractivity contribution < 1.29 is 19.1 Å². The van der Waals surface area contributed by atoms with E-state index in [0.717, 1.165) is 16.9 Å². The third-order valence-corrected chi connectivity index (χ3v) is 6.23. The van der Waals surface area contributed by atoms with Gasteiger partial charge in [0.25, 0.3) is 5.91 Å². The third-order valence-electron chi connectivity index (χ3n) is 5.15. The van der Waals surface area contributed by atoms with Crippen LogP contribution in [0.4, 0.5) is 5.69 Å². The highest BCUT2D eigenvalue weighted by Gasteiger charge is 2.27. The number of amides is 2. The Labute approximate surface area is 173 Å². The lowest BCUT2D eigenvalue weighted by Crippen LogP contribution is -2.42. The summed E-state index contributed by atoms with van der Waals surface area (Å²) in [6.45, 7) is 2.74. The molecular weight excluding hydrogens is 388 g/mol. The summed E-state index contributed by atoms with van der Waals surface area (Å²) in [5.41, 5.74) is 3.31. The van der Waals surface area contributed by atoms with Crippen LogP contribution in [0.1, 0.15) is 34.8 Å². The molecule has 0 bridgehead atoms. The molecule has 0 aromatic heterocycles. The van der Waals surface area contributed by atoms with E-state index >= 15 is 0 Å². The number of benzene rings is 2. The maximum atomic E-state index is 12.8. The molecule has 0 unspecified atom stereocenters. The van der Waals surface area contributed by atoms with Gasteiger partial charge >= 0.3 is 5.97 Å². The number of nitrogens with zero attached hydrogens (tertiary/aromatic N) is 1. The van der Waals surface area contributed by atoms with Gasteiger partial charge in [0.15, 0.2) is 6.10 Å². The summed E-state index contributed by atoms with van der Waals surface area (Å²) < 4.78 is 5.44. The maximum Gasteiger partial charge on any atom is 0.338 e. The topological polar surface area (TPSA) is 75.7 Å². The molecule has 2 amide bonds. The summed E-state index contributed by atoms with van der Waals surface area (Å²) in [5, 5.41) is 2.81. The Kier molecular flexibility index (Phi) is 5.58. The normalized spacial score (nSPS) is 16.7. The third kappa shape index (κ3) is 4.29. The van der Waals surface area contributed by atoms with E-state index in [1.165, 1.54) is 5.56 Å². The Morgan fingerprint density at radius 3 is 2.76 bits per heavy atom. The second kappa shape index (κ2) is 8.29. The highest BCUT2D eigenvalue weighted by molar-refractivity contribution is 7.99. The van der Waals surface area contributed by atoms with Crippen LogP contribution in [0, 0.1) is 0 Å². The molecule has 6 nitrogen and oxygen atoms in total. The van der Waals surface area contributed by atoms with Crippen LogP contribution >= 0.6 is 11.8 Å². The number of anilines is 1. The van der Waals surface area contributed by atoms with E-state index in [-0.39, 0.29) is 11.8 Å². The van der Waals surface area contributed by atoms with Gasteiger partial charge in [-0.05, 0) is 42.7 Å². The minimum Gasteiger partial charge on any atom is -0.449 e. The molecule has 4 rings (SSSR count). The first kappa shape index (κ1) is 19.5. The van der Waals surface area contributed by atoms with Crippen LogP contribution in [-0.4, -0.2) is 41.1 Å². The highest BCUT2D eigenvalue weighted by atomic mass is 32.2. The molecular formula is C22H22N2O4S. The first-order chi connectivity index (χ1) is 14.0. The van der Waals surface area contributed by atoms with E-state index in [1.54, 1.807) is 41.8 Å². The molecule has 0 fully saturated rings. The number of carbonyl (C=O) groups is 3. The fourth-order valence-electron chi connectivity index (χ4n) is 3.57. The molecule has 29 heavy (non-hydrogen) atoms. The number of ether oxygens (including phenoxy) is 1. The molecule has 0 aliphatic carbocycles. The molecule has 0 saturated heterocycles. The van der Waals surface area contributed by atoms with Gasteiger partial charge in [0.2, 0.25) is 5.91 Å². The molecule has 2 aromatic carbocycles. The predicted molar refractivity (Wildman–Crippen MR) is 111 cm³/mol. The standard InChI is InChI=1S/C22H22N2O4S/c1-14(21(26)24-10-8-15-4-2-3-5-17(15)13-24)28-22(27)16-6-7-19-18(12-16)23-20(25)9-11-29-19/h2-7,12,14H,8-11,13H2,1H3,(H,23,25)/t14-/m1/s1. The zero-order valence-electron chi connectivity index (χ0n) is 16.1. The monoisotopic (exact) mass is 410 g/mol. The van der Waals surface area contributed by atoms with Gasteiger partial charge in [-0.25, -0.2) is 4.79 Å².